The van der Waals surface area contributed by atoms with Crippen molar-refractivity contribution in [2.75, 3.05) is 17.3 Å². The monoisotopic (exact) mass is 381 g/mol. The van der Waals surface area contributed by atoms with Gasteiger partial charge in [0.2, 0.25) is 0 Å². The quantitative estimate of drug-likeness (QED) is 0.603. The lowest BCUT2D eigenvalue weighted by Gasteiger charge is -2.18. The van der Waals surface area contributed by atoms with Gasteiger partial charge in [0.25, 0.3) is 0 Å². The molecule has 4 rings (SSSR count). The Morgan fingerprint density at radius 1 is 1.22 bits per heavy atom. The molecule has 0 saturated heterocycles. The highest BCUT2D eigenvalue weighted by atomic mass is 35.5. The van der Waals surface area contributed by atoms with E-state index in [0.29, 0.717) is 30.5 Å². The molecule has 3 aromatic rings. The van der Waals surface area contributed by atoms with Gasteiger partial charge in [-0.15, -0.1) is 11.6 Å². The highest BCUT2D eigenvalue weighted by Gasteiger charge is 2.35. The van der Waals surface area contributed by atoms with Crippen molar-refractivity contribution < 1.29 is 14.6 Å². The second-order valence-electron chi connectivity index (χ2n) is 6.82. The molecule has 0 radical (unpaired) electrons. The number of nitrogens with zero attached hydrogens (tertiary/aromatic N) is 1. The minimum absolute atomic E-state index is 0.0236. The maximum Gasteiger partial charge on any atom is 0.411 e. The molecular weight excluding hydrogens is 362 g/mol. The van der Waals surface area contributed by atoms with E-state index in [0.717, 1.165) is 27.5 Å². The fourth-order valence-corrected chi connectivity index (χ4v) is 4.10. The Bertz CT molecular complexity index is 1000. The summed E-state index contributed by atoms with van der Waals surface area (Å²) in [5.41, 5.74) is 3.84. The van der Waals surface area contributed by atoms with E-state index in [1.165, 1.54) is 4.90 Å². The van der Waals surface area contributed by atoms with Crippen molar-refractivity contribution >= 4 is 34.2 Å². The number of ether oxygens (including phenoxy) is 1. The first-order chi connectivity index (χ1) is 13.1. The Kier molecular flexibility index (Phi) is 4.66. The fourth-order valence-electron chi connectivity index (χ4n) is 3.85. The molecule has 5 heteroatoms. The summed E-state index contributed by atoms with van der Waals surface area (Å²) in [5, 5.41) is 11.7. The molecule has 0 aromatic heterocycles. The van der Waals surface area contributed by atoms with Gasteiger partial charge < -0.3 is 9.84 Å². The van der Waals surface area contributed by atoms with Crippen LogP contribution in [0.3, 0.4) is 0 Å². The first-order valence-electron chi connectivity index (χ1n) is 8.89. The summed E-state index contributed by atoms with van der Waals surface area (Å²) in [6, 6.07) is 17.8. The number of rotatable bonds is 4. The SMILES string of the molecule is Cc1cccc2c(OCc3ccccc3)cc3c(c12)C(CCl)CN3C(=O)O. The van der Waals surface area contributed by atoms with E-state index in [1.807, 2.05) is 61.5 Å². The molecule has 1 atom stereocenters. The van der Waals surface area contributed by atoms with Crippen molar-refractivity contribution in [1.29, 1.82) is 0 Å². The van der Waals surface area contributed by atoms with Gasteiger partial charge in [-0.3, -0.25) is 4.90 Å². The first kappa shape index (κ1) is 17.7. The number of anilines is 1. The van der Waals surface area contributed by atoms with E-state index in [9.17, 15) is 9.90 Å². The summed E-state index contributed by atoms with van der Waals surface area (Å²) in [4.78, 5) is 13.2. The van der Waals surface area contributed by atoms with Crippen LogP contribution in [0.4, 0.5) is 10.5 Å². The highest BCUT2D eigenvalue weighted by Crippen LogP contribution is 2.46. The van der Waals surface area contributed by atoms with Crippen LogP contribution in [0.25, 0.3) is 10.8 Å². The van der Waals surface area contributed by atoms with Gasteiger partial charge in [-0.2, -0.15) is 0 Å². The molecule has 1 aliphatic heterocycles. The Morgan fingerprint density at radius 2 is 2.00 bits per heavy atom. The summed E-state index contributed by atoms with van der Waals surface area (Å²) < 4.78 is 6.13. The lowest BCUT2D eigenvalue weighted by molar-refractivity contribution is 0.202. The molecule has 0 saturated carbocycles. The normalized spacial score (nSPS) is 15.8. The standard InChI is InChI=1S/C22H20ClNO3/c1-14-6-5-9-17-19(27-13-15-7-3-2-4-8-15)10-18-21(20(14)17)16(11-23)12-24(18)22(25)26/h2-10,16H,11-13H2,1H3,(H,25,26). The minimum atomic E-state index is -0.967. The topological polar surface area (TPSA) is 49.8 Å². The third kappa shape index (κ3) is 3.10. The van der Waals surface area contributed by atoms with E-state index >= 15 is 0 Å². The van der Waals surface area contributed by atoms with E-state index in [4.69, 9.17) is 16.3 Å². The lowest BCUT2D eigenvalue weighted by atomic mass is 9.92. The van der Waals surface area contributed by atoms with Crippen LogP contribution >= 0.6 is 11.6 Å². The van der Waals surface area contributed by atoms with Crippen molar-refractivity contribution in [2.24, 2.45) is 0 Å². The molecule has 1 aliphatic rings. The Morgan fingerprint density at radius 3 is 2.70 bits per heavy atom. The van der Waals surface area contributed by atoms with Crippen LogP contribution in [-0.4, -0.2) is 23.6 Å². The fraction of sp³-hybridized carbons (Fsp3) is 0.227. The van der Waals surface area contributed by atoms with Crippen molar-refractivity contribution in [2.45, 2.75) is 19.4 Å². The van der Waals surface area contributed by atoms with Gasteiger partial charge in [0.15, 0.2) is 0 Å². The van der Waals surface area contributed by atoms with Crippen LogP contribution in [0.2, 0.25) is 0 Å². The largest absolute Gasteiger partial charge is 0.488 e. The zero-order valence-corrected chi connectivity index (χ0v) is 15.7. The highest BCUT2D eigenvalue weighted by molar-refractivity contribution is 6.19. The van der Waals surface area contributed by atoms with Crippen LogP contribution in [-0.2, 0) is 6.61 Å². The van der Waals surface area contributed by atoms with Gasteiger partial charge in [-0.05, 0) is 29.0 Å². The number of halogens is 1. The Labute approximate surface area is 162 Å². The third-order valence-electron chi connectivity index (χ3n) is 5.11. The van der Waals surface area contributed by atoms with E-state index < -0.39 is 6.09 Å². The summed E-state index contributed by atoms with van der Waals surface area (Å²) in [5.74, 6) is 1.05. The summed E-state index contributed by atoms with van der Waals surface area (Å²) in [6.45, 7) is 2.84. The summed E-state index contributed by atoms with van der Waals surface area (Å²) in [7, 11) is 0. The number of hydrogen-bond donors (Lipinski definition) is 1. The molecule has 0 bridgehead atoms. The Hall–Kier alpha value is -2.72. The predicted molar refractivity (Wildman–Crippen MR) is 108 cm³/mol. The minimum Gasteiger partial charge on any atom is -0.488 e. The molecule has 4 nitrogen and oxygen atoms in total. The van der Waals surface area contributed by atoms with Crippen molar-refractivity contribution in [3.8, 4) is 5.75 Å². The number of amides is 1. The third-order valence-corrected chi connectivity index (χ3v) is 5.48. The molecular formula is C22H20ClNO3. The smallest absolute Gasteiger partial charge is 0.411 e. The van der Waals surface area contributed by atoms with Crippen LogP contribution in [0, 0.1) is 6.92 Å². The molecule has 138 valence electrons. The maximum absolute atomic E-state index is 11.8. The molecule has 1 N–H and O–H groups in total. The Balaban J connectivity index is 1.87. The van der Waals surface area contributed by atoms with E-state index in [1.54, 1.807) is 0 Å². The van der Waals surface area contributed by atoms with E-state index in [-0.39, 0.29) is 5.92 Å². The second-order valence-corrected chi connectivity index (χ2v) is 7.13. The van der Waals surface area contributed by atoms with E-state index in [2.05, 4.69) is 0 Å². The number of hydrogen-bond acceptors (Lipinski definition) is 2. The number of benzene rings is 3. The van der Waals surface area contributed by atoms with Gasteiger partial charge in [0, 0.05) is 29.8 Å². The van der Waals surface area contributed by atoms with Gasteiger partial charge in [-0.25, -0.2) is 4.79 Å². The van der Waals surface area contributed by atoms with Crippen LogP contribution in [0.5, 0.6) is 5.75 Å². The molecule has 0 spiro atoms. The van der Waals surface area contributed by atoms with Gasteiger partial charge in [0.1, 0.15) is 12.4 Å². The maximum atomic E-state index is 11.8. The number of alkyl halides is 1. The van der Waals surface area contributed by atoms with Gasteiger partial charge >= 0.3 is 6.09 Å². The molecule has 27 heavy (non-hydrogen) atoms. The predicted octanol–water partition coefficient (Wildman–Crippen LogP) is 5.55. The number of carbonyl (C=O) groups is 1. The molecule has 3 aromatic carbocycles. The summed E-state index contributed by atoms with van der Waals surface area (Å²) >= 11 is 6.19. The molecule has 1 unspecified atom stereocenters. The number of carboxylic acid groups (broad SMARTS) is 1. The van der Waals surface area contributed by atoms with Crippen molar-refractivity contribution in [1.82, 2.24) is 0 Å². The van der Waals surface area contributed by atoms with Crippen LogP contribution < -0.4 is 9.64 Å². The zero-order valence-electron chi connectivity index (χ0n) is 15.0. The number of fused-ring (bicyclic) bond motifs is 3. The average Bonchev–Trinajstić information content (AvgIpc) is 3.05. The van der Waals surface area contributed by atoms with Crippen molar-refractivity contribution in [3.05, 3.63) is 71.3 Å². The number of aryl methyl sites for hydroxylation is 1. The van der Waals surface area contributed by atoms with Crippen molar-refractivity contribution in [3.63, 3.8) is 0 Å². The van der Waals surface area contributed by atoms with Crippen LogP contribution in [0.15, 0.2) is 54.6 Å². The summed E-state index contributed by atoms with van der Waals surface area (Å²) in [6.07, 6.45) is -0.967. The second kappa shape index (κ2) is 7.12. The van der Waals surface area contributed by atoms with Gasteiger partial charge in [-0.1, -0.05) is 48.5 Å². The zero-order chi connectivity index (χ0) is 19.0. The molecule has 0 aliphatic carbocycles. The molecule has 0 fully saturated rings. The van der Waals surface area contributed by atoms with Crippen LogP contribution in [0.1, 0.15) is 22.6 Å². The molecule has 1 amide bonds. The average molecular weight is 382 g/mol. The first-order valence-corrected chi connectivity index (χ1v) is 9.43. The van der Waals surface area contributed by atoms with Gasteiger partial charge in [0.05, 0.1) is 5.69 Å². The molecule has 1 heterocycles. The lowest BCUT2D eigenvalue weighted by Crippen LogP contribution is -2.28.